The molecule has 1 aromatic rings. The Hall–Kier alpha value is -1.06. The Bertz CT molecular complexity index is 455. The van der Waals surface area contributed by atoms with Crippen LogP contribution in [0.1, 0.15) is 62.1 Å². The van der Waals surface area contributed by atoms with Gasteiger partial charge in [0.2, 0.25) is 0 Å². The molecule has 0 bridgehead atoms. The first-order valence-electron chi connectivity index (χ1n) is 8.50. The van der Waals surface area contributed by atoms with E-state index in [9.17, 15) is 5.11 Å². The standard InChI is InChI=1S/C18H27NO2/c20-15-8-9-17-14(13-15)7-10-18(17)19-11-4-12-21-16-5-2-1-3-6-16/h8-9,13,16,18-20H,1-7,10-12H2. The Morgan fingerprint density at radius 3 is 2.86 bits per heavy atom. The lowest BCUT2D eigenvalue weighted by molar-refractivity contribution is 0.0271. The van der Waals surface area contributed by atoms with Crippen LogP contribution in [0.4, 0.5) is 0 Å². The van der Waals surface area contributed by atoms with Crippen molar-refractivity contribution in [1.29, 1.82) is 0 Å². The maximum atomic E-state index is 9.52. The van der Waals surface area contributed by atoms with Crippen LogP contribution >= 0.6 is 0 Å². The average Bonchev–Trinajstić information content (AvgIpc) is 2.90. The fourth-order valence-electron chi connectivity index (χ4n) is 3.65. The summed E-state index contributed by atoms with van der Waals surface area (Å²) in [6, 6.07) is 6.22. The van der Waals surface area contributed by atoms with Gasteiger partial charge in [-0.1, -0.05) is 25.3 Å². The zero-order chi connectivity index (χ0) is 14.5. The van der Waals surface area contributed by atoms with E-state index in [1.165, 1.54) is 43.2 Å². The minimum atomic E-state index is 0.385. The second kappa shape index (κ2) is 7.28. The van der Waals surface area contributed by atoms with E-state index >= 15 is 0 Å². The number of aromatic hydroxyl groups is 1. The molecule has 1 saturated carbocycles. The predicted molar refractivity (Wildman–Crippen MR) is 84.6 cm³/mol. The van der Waals surface area contributed by atoms with Crippen LogP contribution in [0.25, 0.3) is 0 Å². The lowest BCUT2D eigenvalue weighted by atomic mass is 9.98. The Morgan fingerprint density at radius 1 is 1.14 bits per heavy atom. The van der Waals surface area contributed by atoms with Crippen molar-refractivity contribution in [2.45, 2.75) is 63.5 Å². The summed E-state index contributed by atoms with van der Waals surface area (Å²) in [5.74, 6) is 0.385. The predicted octanol–water partition coefficient (Wildman–Crippen LogP) is 3.71. The van der Waals surface area contributed by atoms with Crippen LogP contribution in [0.2, 0.25) is 0 Å². The number of rotatable bonds is 6. The smallest absolute Gasteiger partial charge is 0.115 e. The van der Waals surface area contributed by atoms with E-state index in [4.69, 9.17) is 4.74 Å². The van der Waals surface area contributed by atoms with Crippen LogP contribution in [0.3, 0.4) is 0 Å². The van der Waals surface area contributed by atoms with Crippen molar-refractivity contribution >= 4 is 0 Å². The van der Waals surface area contributed by atoms with E-state index < -0.39 is 0 Å². The number of phenolic OH excluding ortho intramolecular Hbond substituents is 1. The molecule has 1 aromatic carbocycles. The van der Waals surface area contributed by atoms with Crippen molar-refractivity contribution < 1.29 is 9.84 Å². The van der Waals surface area contributed by atoms with Crippen molar-refractivity contribution in [2.75, 3.05) is 13.2 Å². The number of phenols is 1. The number of hydrogen-bond donors (Lipinski definition) is 2. The Balaban J connectivity index is 1.35. The van der Waals surface area contributed by atoms with E-state index in [2.05, 4.69) is 11.4 Å². The van der Waals surface area contributed by atoms with Gasteiger partial charge < -0.3 is 15.2 Å². The van der Waals surface area contributed by atoms with Crippen LogP contribution in [-0.2, 0) is 11.2 Å². The minimum Gasteiger partial charge on any atom is -0.508 e. The fraction of sp³-hybridized carbons (Fsp3) is 0.667. The fourth-order valence-corrected chi connectivity index (χ4v) is 3.65. The van der Waals surface area contributed by atoms with E-state index in [-0.39, 0.29) is 0 Å². The molecule has 0 saturated heterocycles. The lowest BCUT2D eigenvalue weighted by Crippen LogP contribution is -2.23. The van der Waals surface area contributed by atoms with E-state index in [0.717, 1.165) is 32.4 Å². The second-order valence-electron chi connectivity index (χ2n) is 6.41. The number of nitrogens with one attached hydrogen (secondary N) is 1. The molecule has 1 atom stereocenters. The molecule has 1 unspecified atom stereocenters. The van der Waals surface area contributed by atoms with E-state index in [1.807, 2.05) is 6.07 Å². The van der Waals surface area contributed by atoms with Gasteiger partial charge in [0.05, 0.1) is 6.10 Å². The van der Waals surface area contributed by atoms with Crippen molar-refractivity contribution in [3.8, 4) is 5.75 Å². The average molecular weight is 289 g/mol. The molecule has 2 aliphatic rings. The van der Waals surface area contributed by atoms with Gasteiger partial charge in [0.1, 0.15) is 5.75 Å². The molecule has 3 heteroatoms. The molecule has 3 rings (SSSR count). The van der Waals surface area contributed by atoms with E-state index in [1.54, 1.807) is 6.07 Å². The Kier molecular flexibility index (Phi) is 5.15. The number of benzene rings is 1. The molecule has 2 N–H and O–H groups in total. The molecular formula is C18H27NO2. The van der Waals surface area contributed by atoms with Gasteiger partial charge in [-0.3, -0.25) is 0 Å². The SMILES string of the molecule is Oc1ccc2c(c1)CCC2NCCCOC1CCCCC1. The highest BCUT2D eigenvalue weighted by atomic mass is 16.5. The minimum absolute atomic E-state index is 0.385. The first-order chi connectivity index (χ1) is 10.3. The third-order valence-electron chi connectivity index (χ3n) is 4.82. The van der Waals surface area contributed by atoms with E-state index in [0.29, 0.717) is 17.9 Å². The summed E-state index contributed by atoms with van der Waals surface area (Å²) in [4.78, 5) is 0. The van der Waals surface area contributed by atoms with Crippen LogP contribution in [0, 0.1) is 0 Å². The van der Waals surface area contributed by atoms with Crippen LogP contribution in [0.5, 0.6) is 5.75 Å². The van der Waals surface area contributed by atoms with Gasteiger partial charge in [-0.25, -0.2) is 0 Å². The third-order valence-corrected chi connectivity index (χ3v) is 4.82. The highest BCUT2D eigenvalue weighted by Gasteiger charge is 2.21. The highest BCUT2D eigenvalue weighted by molar-refractivity contribution is 5.39. The summed E-state index contributed by atoms with van der Waals surface area (Å²) in [7, 11) is 0. The van der Waals surface area contributed by atoms with Gasteiger partial charge in [-0.05, 0) is 61.9 Å². The molecule has 0 aliphatic heterocycles. The summed E-state index contributed by atoms with van der Waals surface area (Å²) < 4.78 is 5.96. The molecule has 116 valence electrons. The zero-order valence-corrected chi connectivity index (χ0v) is 12.8. The largest absolute Gasteiger partial charge is 0.508 e. The molecule has 0 spiro atoms. The number of hydrogen-bond acceptors (Lipinski definition) is 3. The lowest BCUT2D eigenvalue weighted by Gasteiger charge is -2.22. The number of ether oxygens (including phenoxy) is 1. The first-order valence-corrected chi connectivity index (χ1v) is 8.50. The molecule has 21 heavy (non-hydrogen) atoms. The molecule has 2 aliphatic carbocycles. The number of aryl methyl sites for hydroxylation is 1. The van der Waals surface area contributed by atoms with Crippen LogP contribution in [0.15, 0.2) is 18.2 Å². The zero-order valence-electron chi connectivity index (χ0n) is 12.8. The van der Waals surface area contributed by atoms with Crippen molar-refractivity contribution in [3.05, 3.63) is 29.3 Å². The highest BCUT2D eigenvalue weighted by Crippen LogP contribution is 2.33. The maximum Gasteiger partial charge on any atom is 0.115 e. The second-order valence-corrected chi connectivity index (χ2v) is 6.41. The third kappa shape index (κ3) is 3.98. The quantitative estimate of drug-likeness (QED) is 0.784. The van der Waals surface area contributed by atoms with Gasteiger partial charge in [-0.15, -0.1) is 0 Å². The molecule has 0 heterocycles. The van der Waals surface area contributed by atoms with Crippen molar-refractivity contribution in [2.24, 2.45) is 0 Å². The maximum absolute atomic E-state index is 9.52. The summed E-state index contributed by atoms with van der Waals surface area (Å²) in [5, 5.41) is 13.1. The normalized spacial score (nSPS) is 22.4. The first kappa shape index (κ1) is 14.9. The Morgan fingerprint density at radius 2 is 2.00 bits per heavy atom. The molecule has 0 amide bonds. The van der Waals surface area contributed by atoms with Crippen LogP contribution < -0.4 is 5.32 Å². The van der Waals surface area contributed by atoms with Gasteiger partial charge >= 0.3 is 0 Å². The van der Waals surface area contributed by atoms with Gasteiger partial charge in [0.25, 0.3) is 0 Å². The van der Waals surface area contributed by atoms with Gasteiger partial charge in [0.15, 0.2) is 0 Å². The summed E-state index contributed by atoms with van der Waals surface area (Å²) in [5.41, 5.74) is 2.66. The topological polar surface area (TPSA) is 41.5 Å². The van der Waals surface area contributed by atoms with Gasteiger partial charge in [0, 0.05) is 12.6 Å². The molecular weight excluding hydrogens is 262 g/mol. The molecule has 1 fully saturated rings. The van der Waals surface area contributed by atoms with Crippen molar-refractivity contribution in [3.63, 3.8) is 0 Å². The number of fused-ring (bicyclic) bond motifs is 1. The van der Waals surface area contributed by atoms with Gasteiger partial charge in [-0.2, -0.15) is 0 Å². The molecule has 0 aromatic heterocycles. The molecule has 0 radical (unpaired) electrons. The summed E-state index contributed by atoms with van der Waals surface area (Å²) in [6.07, 6.45) is 10.4. The summed E-state index contributed by atoms with van der Waals surface area (Å²) in [6.45, 7) is 1.89. The summed E-state index contributed by atoms with van der Waals surface area (Å²) >= 11 is 0. The Labute approximate surface area is 127 Å². The monoisotopic (exact) mass is 289 g/mol. The van der Waals surface area contributed by atoms with Crippen LogP contribution in [-0.4, -0.2) is 24.4 Å². The molecule has 3 nitrogen and oxygen atoms in total. The van der Waals surface area contributed by atoms with Crippen molar-refractivity contribution in [1.82, 2.24) is 5.32 Å².